The zero-order valence-electron chi connectivity index (χ0n) is 5.81. The van der Waals surface area contributed by atoms with Gasteiger partial charge in [-0.3, -0.25) is 0 Å². The Labute approximate surface area is 65.4 Å². The highest BCUT2D eigenvalue weighted by molar-refractivity contribution is 6.18. The van der Waals surface area contributed by atoms with Gasteiger partial charge in [-0.25, -0.2) is 0 Å². The van der Waals surface area contributed by atoms with Crippen molar-refractivity contribution in [1.29, 1.82) is 0 Å². The lowest BCUT2D eigenvalue weighted by Gasteiger charge is -2.27. The molecular formula is C7H11ClO2. The number of rotatable bonds is 1. The molecule has 2 fully saturated rings. The predicted octanol–water partition coefficient (Wildman–Crippen LogP) is 1.38. The van der Waals surface area contributed by atoms with Crippen LogP contribution in [0.1, 0.15) is 12.8 Å². The van der Waals surface area contributed by atoms with E-state index in [1.807, 2.05) is 0 Å². The summed E-state index contributed by atoms with van der Waals surface area (Å²) in [7, 11) is 0. The smallest absolute Gasteiger partial charge is 0.171 e. The summed E-state index contributed by atoms with van der Waals surface area (Å²) in [6.45, 7) is 1.70. The summed E-state index contributed by atoms with van der Waals surface area (Å²) in [5.41, 5.74) is 0.405. The van der Waals surface area contributed by atoms with Gasteiger partial charge in [0.05, 0.1) is 19.1 Å². The molecule has 1 spiro atoms. The molecule has 1 aliphatic carbocycles. The summed E-state index contributed by atoms with van der Waals surface area (Å²) >= 11 is 5.54. The fourth-order valence-electron chi connectivity index (χ4n) is 1.18. The molecule has 0 amide bonds. The van der Waals surface area contributed by atoms with Crippen molar-refractivity contribution in [3.8, 4) is 0 Å². The highest BCUT2D eigenvalue weighted by atomic mass is 35.5. The molecule has 58 valence electrons. The fourth-order valence-corrected chi connectivity index (χ4v) is 1.36. The van der Waals surface area contributed by atoms with Crippen molar-refractivity contribution in [2.24, 2.45) is 5.41 Å². The molecule has 0 aromatic carbocycles. The van der Waals surface area contributed by atoms with Crippen LogP contribution >= 0.6 is 11.6 Å². The van der Waals surface area contributed by atoms with Crippen LogP contribution < -0.4 is 0 Å². The van der Waals surface area contributed by atoms with Gasteiger partial charge in [-0.05, 0) is 12.8 Å². The van der Waals surface area contributed by atoms with Crippen molar-refractivity contribution in [2.75, 3.05) is 19.1 Å². The normalized spacial score (nSPS) is 30.9. The third-order valence-corrected chi connectivity index (χ3v) is 2.49. The predicted molar refractivity (Wildman–Crippen MR) is 38.1 cm³/mol. The van der Waals surface area contributed by atoms with E-state index in [4.69, 9.17) is 21.1 Å². The number of hydrogen-bond acceptors (Lipinski definition) is 2. The van der Waals surface area contributed by atoms with E-state index in [0.717, 1.165) is 13.2 Å². The van der Waals surface area contributed by atoms with Crippen LogP contribution in [0.25, 0.3) is 0 Å². The standard InChI is InChI=1S/C7H11ClO2/c8-3-6-9-4-7(1-2-7)5-10-6/h6H,1-5H2. The second-order valence-electron chi connectivity index (χ2n) is 3.21. The highest BCUT2D eigenvalue weighted by Crippen LogP contribution is 2.48. The summed E-state index contributed by atoms with van der Waals surface area (Å²) < 4.78 is 10.7. The Balaban J connectivity index is 1.84. The molecule has 0 atom stereocenters. The maximum atomic E-state index is 5.54. The quantitative estimate of drug-likeness (QED) is 0.543. The van der Waals surface area contributed by atoms with Crippen molar-refractivity contribution in [1.82, 2.24) is 0 Å². The van der Waals surface area contributed by atoms with Gasteiger partial charge >= 0.3 is 0 Å². The Morgan fingerprint density at radius 1 is 1.30 bits per heavy atom. The number of ether oxygens (including phenoxy) is 2. The number of hydrogen-bond donors (Lipinski definition) is 0. The van der Waals surface area contributed by atoms with Crippen LogP contribution in [0.3, 0.4) is 0 Å². The van der Waals surface area contributed by atoms with E-state index in [1.165, 1.54) is 12.8 Å². The van der Waals surface area contributed by atoms with Crippen LogP contribution in [0.4, 0.5) is 0 Å². The van der Waals surface area contributed by atoms with Crippen molar-refractivity contribution >= 4 is 11.6 Å². The molecule has 0 radical (unpaired) electrons. The Morgan fingerprint density at radius 2 is 1.90 bits per heavy atom. The molecule has 1 saturated carbocycles. The van der Waals surface area contributed by atoms with Gasteiger partial charge in [-0.2, -0.15) is 0 Å². The summed E-state index contributed by atoms with van der Waals surface area (Å²) in [6.07, 6.45) is 2.39. The minimum absolute atomic E-state index is 0.145. The van der Waals surface area contributed by atoms with Crippen LogP contribution in [0.15, 0.2) is 0 Å². The van der Waals surface area contributed by atoms with Gasteiger partial charge in [0.1, 0.15) is 0 Å². The minimum atomic E-state index is -0.145. The first kappa shape index (κ1) is 6.89. The summed E-state index contributed by atoms with van der Waals surface area (Å²) in [5.74, 6) is 0.454. The molecule has 2 rings (SSSR count). The average Bonchev–Trinajstić information content (AvgIpc) is 2.72. The van der Waals surface area contributed by atoms with Crippen LogP contribution in [0.5, 0.6) is 0 Å². The molecule has 0 unspecified atom stereocenters. The first-order valence-electron chi connectivity index (χ1n) is 3.64. The SMILES string of the molecule is ClCC1OCC2(CC2)CO1. The molecule has 0 aromatic heterocycles. The Morgan fingerprint density at radius 3 is 2.30 bits per heavy atom. The number of halogens is 1. The van der Waals surface area contributed by atoms with Crippen LogP contribution in [-0.4, -0.2) is 25.4 Å². The second kappa shape index (κ2) is 2.36. The minimum Gasteiger partial charge on any atom is -0.351 e. The first-order valence-corrected chi connectivity index (χ1v) is 4.17. The summed E-state index contributed by atoms with van der Waals surface area (Å²) in [5, 5.41) is 0. The Kier molecular flexibility index (Phi) is 1.63. The largest absolute Gasteiger partial charge is 0.351 e. The van der Waals surface area contributed by atoms with Gasteiger partial charge in [0.25, 0.3) is 0 Å². The highest BCUT2D eigenvalue weighted by Gasteiger charge is 2.46. The summed E-state index contributed by atoms with van der Waals surface area (Å²) in [6, 6.07) is 0. The molecule has 0 aromatic rings. The van der Waals surface area contributed by atoms with Crippen molar-refractivity contribution in [2.45, 2.75) is 19.1 Å². The molecule has 0 N–H and O–H groups in total. The van der Waals surface area contributed by atoms with Gasteiger partial charge in [-0.1, -0.05) is 0 Å². The maximum Gasteiger partial charge on any atom is 0.171 e. The second-order valence-corrected chi connectivity index (χ2v) is 3.51. The maximum absolute atomic E-state index is 5.54. The van der Waals surface area contributed by atoms with Crippen molar-refractivity contribution < 1.29 is 9.47 Å². The van der Waals surface area contributed by atoms with Crippen molar-refractivity contribution in [3.63, 3.8) is 0 Å². The van der Waals surface area contributed by atoms with Gasteiger partial charge in [-0.15, -0.1) is 11.6 Å². The van der Waals surface area contributed by atoms with E-state index in [0.29, 0.717) is 11.3 Å². The molecule has 1 heterocycles. The topological polar surface area (TPSA) is 18.5 Å². The Bertz CT molecular complexity index is 124. The molecule has 0 bridgehead atoms. The Hall–Kier alpha value is 0.210. The van der Waals surface area contributed by atoms with Crippen LogP contribution in [0, 0.1) is 5.41 Å². The lowest BCUT2D eigenvalue weighted by Crippen LogP contribution is -2.34. The van der Waals surface area contributed by atoms with Crippen LogP contribution in [-0.2, 0) is 9.47 Å². The van der Waals surface area contributed by atoms with Gasteiger partial charge in [0, 0.05) is 5.41 Å². The number of alkyl halides is 1. The zero-order valence-corrected chi connectivity index (χ0v) is 6.56. The van der Waals surface area contributed by atoms with E-state index in [2.05, 4.69) is 0 Å². The van der Waals surface area contributed by atoms with Gasteiger partial charge in [0.15, 0.2) is 6.29 Å². The lowest BCUT2D eigenvalue weighted by atomic mass is 10.1. The molecule has 10 heavy (non-hydrogen) atoms. The van der Waals surface area contributed by atoms with Gasteiger partial charge in [0.2, 0.25) is 0 Å². The monoisotopic (exact) mass is 162 g/mol. The lowest BCUT2D eigenvalue weighted by molar-refractivity contribution is -0.195. The average molecular weight is 163 g/mol. The van der Waals surface area contributed by atoms with E-state index in [1.54, 1.807) is 0 Å². The van der Waals surface area contributed by atoms with E-state index in [9.17, 15) is 0 Å². The molecule has 2 aliphatic rings. The van der Waals surface area contributed by atoms with E-state index >= 15 is 0 Å². The molecular weight excluding hydrogens is 152 g/mol. The molecule has 1 aliphatic heterocycles. The van der Waals surface area contributed by atoms with E-state index < -0.39 is 0 Å². The fraction of sp³-hybridized carbons (Fsp3) is 1.00. The van der Waals surface area contributed by atoms with E-state index in [-0.39, 0.29) is 6.29 Å². The third-order valence-electron chi connectivity index (χ3n) is 2.23. The van der Waals surface area contributed by atoms with Gasteiger partial charge < -0.3 is 9.47 Å². The first-order chi connectivity index (χ1) is 4.85. The van der Waals surface area contributed by atoms with Crippen molar-refractivity contribution in [3.05, 3.63) is 0 Å². The molecule has 1 saturated heterocycles. The third kappa shape index (κ3) is 1.16. The van der Waals surface area contributed by atoms with Crippen LogP contribution in [0.2, 0.25) is 0 Å². The molecule has 2 nitrogen and oxygen atoms in total. The molecule has 3 heteroatoms. The zero-order chi connectivity index (χ0) is 7.03. The summed E-state index contributed by atoms with van der Waals surface area (Å²) in [4.78, 5) is 0.